The zero-order valence-corrected chi connectivity index (χ0v) is 18.3. The first-order valence-corrected chi connectivity index (χ1v) is 10.1. The minimum absolute atomic E-state index is 0.475. The van der Waals surface area contributed by atoms with Gasteiger partial charge >= 0.3 is 0 Å². The van der Waals surface area contributed by atoms with Gasteiger partial charge in [-0.3, -0.25) is 9.36 Å². The molecule has 0 unspecified atom stereocenters. The zero-order chi connectivity index (χ0) is 19.4. The third kappa shape index (κ3) is 5.01. The molecule has 0 aliphatic rings. The molecule has 0 saturated carbocycles. The van der Waals surface area contributed by atoms with Gasteiger partial charge in [-0.2, -0.15) is 10.2 Å². The standard InChI is InChI=1S/C17H17BrCl2N6S/c1-2-26-15(12(18)8-22-26)9-21-17(27)23-16-6-7-25(24-16)10-11-13(19)4-3-5-14(11)20/h3-8H,2,9-10H2,1H3,(H2,21,23,24,27). The van der Waals surface area contributed by atoms with E-state index in [0.717, 1.165) is 22.3 Å². The molecule has 0 bridgehead atoms. The van der Waals surface area contributed by atoms with Gasteiger partial charge in [-0.05, 0) is 47.2 Å². The predicted octanol–water partition coefficient (Wildman–Crippen LogP) is 4.70. The largest absolute Gasteiger partial charge is 0.357 e. The van der Waals surface area contributed by atoms with Crippen LogP contribution in [0.25, 0.3) is 0 Å². The molecular formula is C17H17BrCl2N6S. The van der Waals surface area contributed by atoms with Crippen molar-refractivity contribution in [2.24, 2.45) is 0 Å². The van der Waals surface area contributed by atoms with Crippen LogP contribution in [0, 0.1) is 0 Å². The molecule has 0 amide bonds. The lowest BCUT2D eigenvalue weighted by Crippen LogP contribution is -2.29. The summed E-state index contributed by atoms with van der Waals surface area (Å²) in [6.07, 6.45) is 3.62. The average molecular weight is 488 g/mol. The van der Waals surface area contributed by atoms with Crippen LogP contribution in [-0.4, -0.2) is 24.7 Å². The van der Waals surface area contributed by atoms with E-state index in [1.807, 2.05) is 42.1 Å². The lowest BCUT2D eigenvalue weighted by Gasteiger charge is -2.10. The summed E-state index contributed by atoms with van der Waals surface area (Å²) in [5, 5.41) is 16.7. The Morgan fingerprint density at radius 3 is 2.70 bits per heavy atom. The maximum Gasteiger partial charge on any atom is 0.172 e. The molecule has 2 aromatic heterocycles. The Morgan fingerprint density at radius 2 is 2.00 bits per heavy atom. The summed E-state index contributed by atoms with van der Waals surface area (Å²) >= 11 is 21.3. The molecule has 0 radical (unpaired) electrons. The first kappa shape index (κ1) is 20.1. The Balaban J connectivity index is 1.59. The van der Waals surface area contributed by atoms with Crippen LogP contribution in [0.5, 0.6) is 0 Å². The molecular weight excluding hydrogens is 471 g/mol. The van der Waals surface area contributed by atoms with E-state index in [2.05, 4.69) is 36.8 Å². The Bertz CT molecular complexity index is 935. The minimum Gasteiger partial charge on any atom is -0.357 e. The van der Waals surface area contributed by atoms with E-state index in [4.69, 9.17) is 35.4 Å². The molecule has 27 heavy (non-hydrogen) atoms. The Labute approximate surface area is 181 Å². The van der Waals surface area contributed by atoms with Crippen molar-refractivity contribution in [1.82, 2.24) is 24.9 Å². The van der Waals surface area contributed by atoms with Crippen LogP contribution < -0.4 is 10.6 Å². The molecule has 1 aromatic carbocycles. The molecule has 3 aromatic rings. The number of rotatable bonds is 6. The van der Waals surface area contributed by atoms with Crippen molar-refractivity contribution in [2.75, 3.05) is 5.32 Å². The highest BCUT2D eigenvalue weighted by Crippen LogP contribution is 2.25. The van der Waals surface area contributed by atoms with Gasteiger partial charge in [0, 0.05) is 34.4 Å². The number of aromatic nitrogens is 4. The van der Waals surface area contributed by atoms with E-state index < -0.39 is 0 Å². The van der Waals surface area contributed by atoms with E-state index in [0.29, 0.717) is 34.1 Å². The van der Waals surface area contributed by atoms with Gasteiger partial charge in [0.15, 0.2) is 10.9 Å². The highest BCUT2D eigenvalue weighted by molar-refractivity contribution is 9.10. The lowest BCUT2D eigenvalue weighted by molar-refractivity contribution is 0.613. The number of nitrogens with one attached hydrogen (secondary N) is 2. The monoisotopic (exact) mass is 486 g/mol. The van der Waals surface area contributed by atoms with Gasteiger partial charge in [0.25, 0.3) is 0 Å². The van der Waals surface area contributed by atoms with Crippen LogP contribution in [0.1, 0.15) is 18.2 Å². The zero-order valence-electron chi connectivity index (χ0n) is 14.4. The first-order chi connectivity index (χ1) is 13.0. The van der Waals surface area contributed by atoms with Gasteiger partial charge < -0.3 is 10.6 Å². The maximum absolute atomic E-state index is 6.22. The van der Waals surface area contributed by atoms with E-state index in [-0.39, 0.29) is 0 Å². The third-order valence-corrected chi connectivity index (χ3v) is 5.49. The highest BCUT2D eigenvalue weighted by Gasteiger charge is 2.10. The molecule has 3 rings (SSSR count). The number of benzene rings is 1. The van der Waals surface area contributed by atoms with Crippen molar-refractivity contribution < 1.29 is 0 Å². The fraction of sp³-hybridized carbons (Fsp3) is 0.235. The highest BCUT2D eigenvalue weighted by atomic mass is 79.9. The van der Waals surface area contributed by atoms with Gasteiger partial charge in [-0.1, -0.05) is 29.3 Å². The second-order valence-electron chi connectivity index (χ2n) is 5.66. The topological polar surface area (TPSA) is 59.7 Å². The fourth-order valence-electron chi connectivity index (χ4n) is 2.52. The number of thiocarbonyl (C=S) groups is 1. The second kappa shape index (κ2) is 9.05. The smallest absolute Gasteiger partial charge is 0.172 e. The first-order valence-electron chi connectivity index (χ1n) is 8.19. The predicted molar refractivity (Wildman–Crippen MR) is 116 cm³/mol. The van der Waals surface area contributed by atoms with E-state index in [1.165, 1.54) is 0 Å². The van der Waals surface area contributed by atoms with E-state index in [9.17, 15) is 0 Å². The summed E-state index contributed by atoms with van der Waals surface area (Å²) in [5.41, 5.74) is 1.86. The number of halogens is 3. The van der Waals surface area contributed by atoms with Crippen molar-refractivity contribution in [3.05, 3.63) is 62.4 Å². The molecule has 2 heterocycles. The lowest BCUT2D eigenvalue weighted by atomic mass is 10.2. The van der Waals surface area contributed by atoms with Gasteiger partial charge in [0.05, 0.1) is 29.5 Å². The molecule has 2 N–H and O–H groups in total. The van der Waals surface area contributed by atoms with Crippen LogP contribution >= 0.6 is 51.3 Å². The van der Waals surface area contributed by atoms with Crippen LogP contribution in [0.15, 0.2) is 41.1 Å². The summed E-state index contributed by atoms with van der Waals surface area (Å²) in [6.45, 7) is 3.86. The van der Waals surface area contributed by atoms with Gasteiger partial charge in [0.2, 0.25) is 0 Å². The molecule has 0 aliphatic carbocycles. The average Bonchev–Trinajstić information content (AvgIpc) is 3.22. The molecule has 0 aliphatic heterocycles. The number of hydrogen-bond donors (Lipinski definition) is 2. The Kier molecular flexibility index (Phi) is 6.75. The van der Waals surface area contributed by atoms with Crippen molar-refractivity contribution in [1.29, 1.82) is 0 Å². The van der Waals surface area contributed by atoms with Crippen molar-refractivity contribution >= 4 is 62.3 Å². The van der Waals surface area contributed by atoms with Gasteiger partial charge in [-0.25, -0.2) is 0 Å². The fourth-order valence-corrected chi connectivity index (χ4v) is 3.65. The summed E-state index contributed by atoms with van der Waals surface area (Å²) in [7, 11) is 0. The Morgan fingerprint density at radius 1 is 1.26 bits per heavy atom. The van der Waals surface area contributed by atoms with Crippen LogP contribution in [-0.2, 0) is 19.6 Å². The van der Waals surface area contributed by atoms with E-state index in [1.54, 1.807) is 10.9 Å². The summed E-state index contributed by atoms with van der Waals surface area (Å²) in [5.74, 6) is 0.638. The second-order valence-corrected chi connectivity index (χ2v) is 7.74. The summed E-state index contributed by atoms with van der Waals surface area (Å²) in [4.78, 5) is 0. The van der Waals surface area contributed by atoms with Crippen molar-refractivity contribution in [3.8, 4) is 0 Å². The molecule has 0 fully saturated rings. The molecule has 6 nitrogen and oxygen atoms in total. The van der Waals surface area contributed by atoms with Crippen molar-refractivity contribution in [3.63, 3.8) is 0 Å². The van der Waals surface area contributed by atoms with Gasteiger partial charge in [0.1, 0.15) is 0 Å². The van der Waals surface area contributed by atoms with Crippen LogP contribution in [0.2, 0.25) is 10.0 Å². The molecule has 0 atom stereocenters. The van der Waals surface area contributed by atoms with Gasteiger partial charge in [-0.15, -0.1) is 0 Å². The number of anilines is 1. The normalized spacial score (nSPS) is 10.8. The number of aryl methyl sites for hydroxylation is 1. The van der Waals surface area contributed by atoms with Crippen LogP contribution in [0.3, 0.4) is 0 Å². The summed E-state index contributed by atoms with van der Waals surface area (Å²) in [6, 6.07) is 7.27. The molecule has 10 heteroatoms. The van der Waals surface area contributed by atoms with E-state index >= 15 is 0 Å². The molecule has 0 spiro atoms. The minimum atomic E-state index is 0.475. The maximum atomic E-state index is 6.22. The molecule has 142 valence electrons. The van der Waals surface area contributed by atoms with Crippen molar-refractivity contribution in [2.45, 2.75) is 26.6 Å². The number of nitrogens with zero attached hydrogens (tertiary/aromatic N) is 4. The summed E-state index contributed by atoms with van der Waals surface area (Å²) < 4.78 is 4.60. The number of hydrogen-bond acceptors (Lipinski definition) is 3. The third-order valence-electron chi connectivity index (χ3n) is 3.88. The Hall–Kier alpha value is -1.61. The van der Waals surface area contributed by atoms with Crippen LogP contribution in [0.4, 0.5) is 5.82 Å². The molecule has 0 saturated heterocycles. The SMILES string of the molecule is CCn1ncc(Br)c1CNC(=S)Nc1ccn(Cc2c(Cl)cccc2Cl)n1. The quantitative estimate of drug-likeness (QED) is 0.493.